The Balaban J connectivity index is 1.72. The summed E-state index contributed by atoms with van der Waals surface area (Å²) in [5, 5.41) is 19.8. The second-order valence-electron chi connectivity index (χ2n) is 7.69. The lowest BCUT2D eigenvalue weighted by molar-refractivity contribution is -0.137. The zero-order chi connectivity index (χ0) is 21.5. The van der Waals surface area contributed by atoms with Crippen LogP contribution in [0.5, 0.6) is 0 Å². The van der Waals surface area contributed by atoms with Crippen LogP contribution in [-0.2, 0) is 9.59 Å². The predicted octanol–water partition coefficient (Wildman–Crippen LogP) is 4.39. The van der Waals surface area contributed by atoms with Gasteiger partial charge < -0.3 is 15.3 Å². The molecule has 0 bridgehead atoms. The number of aromatic amines is 1. The Kier molecular flexibility index (Phi) is 7.06. The van der Waals surface area contributed by atoms with E-state index in [9.17, 15) is 9.59 Å². The first-order valence-corrected chi connectivity index (χ1v) is 10.2. The molecule has 30 heavy (non-hydrogen) atoms. The maximum atomic E-state index is 13.1. The van der Waals surface area contributed by atoms with Crippen molar-refractivity contribution in [1.82, 2.24) is 10.2 Å². The van der Waals surface area contributed by atoms with Gasteiger partial charge in [0, 0.05) is 37.3 Å². The van der Waals surface area contributed by atoms with Gasteiger partial charge in [0.1, 0.15) is 0 Å². The maximum Gasteiger partial charge on any atom is 0.303 e. The zero-order valence-corrected chi connectivity index (χ0v) is 17.4. The number of anilines is 2. The number of hydrogen-bond acceptors (Lipinski definition) is 4. The number of nitrogens with one attached hydrogen (secondary N) is 2. The van der Waals surface area contributed by atoms with Crippen LogP contribution < -0.4 is 10.2 Å². The first-order valence-electron chi connectivity index (χ1n) is 10.2. The van der Waals surface area contributed by atoms with E-state index in [0.29, 0.717) is 12.8 Å². The Hall–Kier alpha value is -3.35. The molecule has 1 amide bonds. The smallest absolute Gasteiger partial charge is 0.303 e. The van der Waals surface area contributed by atoms with Gasteiger partial charge in [-0.25, -0.2) is 0 Å². The maximum absolute atomic E-state index is 13.1. The van der Waals surface area contributed by atoms with Gasteiger partial charge in [-0.2, -0.15) is 5.10 Å². The molecule has 158 valence electrons. The number of aromatic nitrogens is 2. The van der Waals surface area contributed by atoms with E-state index >= 15 is 0 Å². The summed E-state index contributed by atoms with van der Waals surface area (Å²) >= 11 is 0. The van der Waals surface area contributed by atoms with Gasteiger partial charge in [-0.05, 0) is 48.7 Å². The largest absolute Gasteiger partial charge is 0.481 e. The third-order valence-corrected chi connectivity index (χ3v) is 5.22. The first-order chi connectivity index (χ1) is 14.4. The topological polar surface area (TPSA) is 98.3 Å². The highest BCUT2D eigenvalue weighted by Gasteiger charge is 2.21. The fourth-order valence-corrected chi connectivity index (χ4v) is 3.50. The minimum Gasteiger partial charge on any atom is -0.481 e. The van der Waals surface area contributed by atoms with E-state index in [4.69, 9.17) is 5.11 Å². The fraction of sp³-hybridized carbons (Fsp3) is 0.348. The number of amides is 1. The molecule has 2 aromatic carbocycles. The molecule has 0 spiro atoms. The van der Waals surface area contributed by atoms with E-state index in [2.05, 4.69) is 15.5 Å². The summed E-state index contributed by atoms with van der Waals surface area (Å²) in [6.45, 7) is 0. The summed E-state index contributed by atoms with van der Waals surface area (Å²) in [4.78, 5) is 25.9. The van der Waals surface area contributed by atoms with Crippen LogP contribution >= 0.6 is 0 Å². The fourth-order valence-electron chi connectivity index (χ4n) is 3.50. The number of carboxylic acids is 1. The Bertz CT molecular complexity index is 995. The molecule has 3 rings (SSSR count). The van der Waals surface area contributed by atoms with E-state index in [-0.39, 0.29) is 18.2 Å². The number of benzene rings is 2. The molecule has 7 heteroatoms. The molecule has 0 radical (unpaired) electrons. The van der Waals surface area contributed by atoms with Crippen molar-refractivity contribution in [1.29, 1.82) is 0 Å². The number of fused-ring (bicyclic) bond motifs is 1. The molecule has 0 aliphatic rings. The normalized spacial score (nSPS) is 11.9. The van der Waals surface area contributed by atoms with Crippen molar-refractivity contribution in [2.45, 2.75) is 38.0 Å². The molecule has 7 nitrogen and oxygen atoms in total. The highest BCUT2D eigenvalue weighted by Crippen LogP contribution is 2.27. The number of aliphatic carboxylic acids is 1. The predicted molar refractivity (Wildman–Crippen MR) is 119 cm³/mol. The summed E-state index contributed by atoms with van der Waals surface area (Å²) in [6, 6.07) is 13.7. The standard InChI is InChI=1S/C23H28N4O3/c1-27(2)19-12-9-16(10-13-19)20(6-4-3-5-7-22(28)29)23(30)25-18-11-8-17-15-24-26-21(17)14-18/h8-15,20H,3-7H2,1-2H3,(H,24,26)(H,25,30)(H,28,29)/t20-/m0/s1. The molecule has 1 atom stereocenters. The van der Waals surface area contributed by atoms with Crippen molar-refractivity contribution in [2.75, 3.05) is 24.3 Å². The number of carbonyl (C=O) groups is 2. The Morgan fingerprint density at radius 2 is 1.87 bits per heavy atom. The number of unbranched alkanes of at least 4 members (excludes halogenated alkanes) is 2. The lowest BCUT2D eigenvalue weighted by Gasteiger charge is -2.19. The Labute approximate surface area is 176 Å². The molecule has 0 fully saturated rings. The van der Waals surface area contributed by atoms with Crippen LogP contribution in [0.25, 0.3) is 10.9 Å². The van der Waals surface area contributed by atoms with Crippen LogP contribution in [0.1, 0.15) is 43.6 Å². The number of H-pyrrole nitrogens is 1. The number of carbonyl (C=O) groups excluding carboxylic acids is 1. The van der Waals surface area contributed by atoms with Crippen molar-refractivity contribution in [3.63, 3.8) is 0 Å². The van der Waals surface area contributed by atoms with E-state index < -0.39 is 5.97 Å². The van der Waals surface area contributed by atoms with Gasteiger partial charge in [0.2, 0.25) is 5.91 Å². The Morgan fingerprint density at radius 1 is 1.10 bits per heavy atom. The molecule has 0 saturated carbocycles. The van der Waals surface area contributed by atoms with Gasteiger partial charge in [-0.15, -0.1) is 0 Å². The number of hydrogen-bond donors (Lipinski definition) is 3. The number of carboxylic acid groups (broad SMARTS) is 1. The molecule has 0 unspecified atom stereocenters. The second kappa shape index (κ2) is 9.91. The minimum absolute atomic E-state index is 0.0651. The molecule has 3 N–H and O–H groups in total. The molecular weight excluding hydrogens is 380 g/mol. The average Bonchev–Trinajstić information content (AvgIpc) is 3.18. The summed E-state index contributed by atoms with van der Waals surface area (Å²) in [5.41, 5.74) is 3.62. The van der Waals surface area contributed by atoms with Crippen molar-refractivity contribution in [2.24, 2.45) is 0 Å². The average molecular weight is 409 g/mol. The van der Waals surface area contributed by atoms with Gasteiger partial charge in [0.15, 0.2) is 0 Å². The highest BCUT2D eigenvalue weighted by atomic mass is 16.4. The lowest BCUT2D eigenvalue weighted by Crippen LogP contribution is -2.21. The molecule has 3 aromatic rings. The minimum atomic E-state index is -0.780. The summed E-state index contributed by atoms with van der Waals surface area (Å²) < 4.78 is 0. The van der Waals surface area contributed by atoms with Crippen LogP contribution in [-0.4, -0.2) is 41.3 Å². The third-order valence-electron chi connectivity index (χ3n) is 5.22. The van der Waals surface area contributed by atoms with E-state index in [1.165, 1.54) is 0 Å². The third kappa shape index (κ3) is 5.59. The molecule has 1 aromatic heterocycles. The zero-order valence-electron chi connectivity index (χ0n) is 17.4. The second-order valence-corrected chi connectivity index (χ2v) is 7.69. The lowest BCUT2D eigenvalue weighted by atomic mass is 9.91. The molecule has 0 saturated heterocycles. The number of nitrogens with zero attached hydrogens (tertiary/aromatic N) is 2. The van der Waals surface area contributed by atoms with Crippen molar-refractivity contribution < 1.29 is 14.7 Å². The first kappa shape index (κ1) is 21.4. The summed E-state index contributed by atoms with van der Waals surface area (Å²) in [6.07, 6.45) is 4.77. The molecule has 0 aliphatic carbocycles. The molecule has 1 heterocycles. The summed E-state index contributed by atoms with van der Waals surface area (Å²) in [7, 11) is 3.96. The van der Waals surface area contributed by atoms with Gasteiger partial charge in [0.05, 0.1) is 17.6 Å². The SMILES string of the molecule is CN(C)c1ccc([C@H](CCCCCC(=O)O)C(=O)Nc2ccc3cn[nH]c3c2)cc1. The van der Waals surface area contributed by atoms with E-state index in [1.807, 2.05) is 61.5 Å². The van der Waals surface area contributed by atoms with Gasteiger partial charge in [-0.1, -0.05) is 25.0 Å². The van der Waals surface area contributed by atoms with Gasteiger partial charge >= 0.3 is 5.97 Å². The van der Waals surface area contributed by atoms with Crippen LogP contribution in [0.2, 0.25) is 0 Å². The van der Waals surface area contributed by atoms with Crippen LogP contribution in [0.4, 0.5) is 11.4 Å². The number of rotatable bonds is 10. The highest BCUT2D eigenvalue weighted by molar-refractivity contribution is 5.97. The molecule has 0 aliphatic heterocycles. The summed E-state index contributed by atoms with van der Waals surface area (Å²) in [5.74, 6) is -1.15. The van der Waals surface area contributed by atoms with E-state index in [1.54, 1.807) is 6.20 Å². The van der Waals surface area contributed by atoms with Crippen molar-refractivity contribution >= 4 is 34.2 Å². The van der Waals surface area contributed by atoms with Gasteiger partial charge in [0.25, 0.3) is 0 Å². The van der Waals surface area contributed by atoms with Crippen LogP contribution in [0.15, 0.2) is 48.7 Å². The monoisotopic (exact) mass is 408 g/mol. The van der Waals surface area contributed by atoms with Crippen LogP contribution in [0.3, 0.4) is 0 Å². The van der Waals surface area contributed by atoms with Gasteiger partial charge in [-0.3, -0.25) is 14.7 Å². The molecular formula is C23H28N4O3. The quantitative estimate of drug-likeness (QED) is 0.432. The van der Waals surface area contributed by atoms with Crippen molar-refractivity contribution in [3.8, 4) is 0 Å². The van der Waals surface area contributed by atoms with Crippen molar-refractivity contribution in [3.05, 3.63) is 54.2 Å². The van der Waals surface area contributed by atoms with E-state index in [0.717, 1.165) is 40.7 Å². The Morgan fingerprint density at radius 3 is 2.57 bits per heavy atom. The van der Waals surface area contributed by atoms with Crippen LogP contribution in [0, 0.1) is 0 Å².